The smallest absolute Gasteiger partial charge is 0.229 e. The molecule has 8 heteroatoms. The number of aromatic amines is 1. The standard InChI is InChI=1S/C23H30N6O2/c1-6-14(2)21(30)28-22(29-23-26-15(3)11-16(4)27-23)24-10-9-17-13-25-20-8-7-18(31-5)12-19(17)20/h7-8,11-14,25H,6,9-10H2,1-5H3,(H2,24,26,27,28,29,30)/t14-/m0/s1. The number of aromatic nitrogens is 3. The van der Waals surface area contributed by atoms with Gasteiger partial charge in [-0.05, 0) is 56.5 Å². The van der Waals surface area contributed by atoms with Crippen molar-refractivity contribution in [3.8, 4) is 5.75 Å². The van der Waals surface area contributed by atoms with Gasteiger partial charge in [0.05, 0.1) is 7.11 Å². The van der Waals surface area contributed by atoms with Gasteiger partial charge in [-0.15, -0.1) is 0 Å². The molecule has 0 bridgehead atoms. The number of carbonyl (C=O) groups excluding carboxylic acids is 1. The highest BCUT2D eigenvalue weighted by Gasteiger charge is 2.14. The third kappa shape index (κ3) is 5.81. The summed E-state index contributed by atoms with van der Waals surface area (Å²) in [6, 6.07) is 7.83. The number of ether oxygens (including phenoxy) is 1. The van der Waals surface area contributed by atoms with E-state index in [-0.39, 0.29) is 11.8 Å². The molecule has 1 amide bonds. The summed E-state index contributed by atoms with van der Waals surface area (Å²) in [4.78, 5) is 29.1. The number of aliphatic imine (C=N–C) groups is 1. The summed E-state index contributed by atoms with van der Waals surface area (Å²) in [5, 5.41) is 7.06. The first-order valence-corrected chi connectivity index (χ1v) is 10.5. The lowest BCUT2D eigenvalue weighted by atomic mass is 10.1. The van der Waals surface area contributed by atoms with Crippen molar-refractivity contribution >= 4 is 28.7 Å². The predicted octanol–water partition coefficient (Wildman–Crippen LogP) is 3.76. The fourth-order valence-corrected chi connectivity index (χ4v) is 3.20. The minimum absolute atomic E-state index is 0.0880. The molecule has 31 heavy (non-hydrogen) atoms. The van der Waals surface area contributed by atoms with Crippen LogP contribution in [0.4, 0.5) is 5.95 Å². The molecule has 1 atom stereocenters. The maximum Gasteiger partial charge on any atom is 0.229 e. The highest BCUT2D eigenvalue weighted by molar-refractivity contribution is 6.04. The summed E-state index contributed by atoms with van der Waals surface area (Å²) in [7, 11) is 1.66. The van der Waals surface area contributed by atoms with Crippen LogP contribution in [-0.4, -0.2) is 40.5 Å². The normalized spacial score (nSPS) is 12.6. The van der Waals surface area contributed by atoms with Crippen LogP contribution in [0.15, 0.2) is 35.5 Å². The van der Waals surface area contributed by atoms with Crippen LogP contribution in [0.3, 0.4) is 0 Å². The lowest BCUT2D eigenvalue weighted by Gasteiger charge is -2.14. The summed E-state index contributed by atoms with van der Waals surface area (Å²) in [5.41, 5.74) is 3.87. The first kappa shape index (κ1) is 22.3. The van der Waals surface area contributed by atoms with Crippen molar-refractivity contribution < 1.29 is 9.53 Å². The van der Waals surface area contributed by atoms with Gasteiger partial charge in [0.15, 0.2) is 0 Å². The Hall–Kier alpha value is -3.42. The molecule has 3 rings (SSSR count). The van der Waals surface area contributed by atoms with Crippen molar-refractivity contribution in [1.82, 2.24) is 20.3 Å². The average molecular weight is 423 g/mol. The molecule has 0 aliphatic carbocycles. The third-order valence-corrected chi connectivity index (χ3v) is 5.14. The van der Waals surface area contributed by atoms with E-state index in [2.05, 4.69) is 30.6 Å². The van der Waals surface area contributed by atoms with Gasteiger partial charge in [0, 0.05) is 41.0 Å². The predicted molar refractivity (Wildman–Crippen MR) is 124 cm³/mol. The lowest BCUT2D eigenvalue weighted by Crippen LogP contribution is -2.39. The SMILES string of the molecule is CC[C@H](C)C(=O)NC(=NCCc1c[nH]c2ccc(OC)cc12)Nc1nc(C)cc(C)n1. The number of rotatable bonds is 7. The molecule has 0 aliphatic rings. The molecule has 2 heterocycles. The second-order valence-electron chi connectivity index (χ2n) is 7.60. The van der Waals surface area contributed by atoms with Crippen LogP contribution in [0.25, 0.3) is 10.9 Å². The summed E-state index contributed by atoms with van der Waals surface area (Å²) in [5.74, 6) is 1.38. The number of H-pyrrole nitrogens is 1. The van der Waals surface area contributed by atoms with Crippen LogP contribution >= 0.6 is 0 Å². The Balaban J connectivity index is 1.78. The van der Waals surface area contributed by atoms with Gasteiger partial charge in [-0.1, -0.05) is 13.8 Å². The van der Waals surface area contributed by atoms with Gasteiger partial charge in [0.1, 0.15) is 5.75 Å². The zero-order valence-corrected chi connectivity index (χ0v) is 18.7. The average Bonchev–Trinajstić information content (AvgIpc) is 3.14. The largest absolute Gasteiger partial charge is 0.497 e. The Labute approximate surface area is 182 Å². The summed E-state index contributed by atoms with van der Waals surface area (Å²) < 4.78 is 5.34. The molecule has 0 aliphatic heterocycles. The number of anilines is 1. The number of carbonyl (C=O) groups is 1. The number of guanidine groups is 1. The van der Waals surface area contributed by atoms with Gasteiger partial charge in [0.25, 0.3) is 0 Å². The van der Waals surface area contributed by atoms with E-state index in [0.717, 1.165) is 40.0 Å². The summed E-state index contributed by atoms with van der Waals surface area (Å²) >= 11 is 0. The number of hydrogen-bond donors (Lipinski definition) is 3. The van der Waals surface area contributed by atoms with E-state index in [0.29, 0.717) is 24.9 Å². The molecule has 8 nitrogen and oxygen atoms in total. The Bertz CT molecular complexity index is 1070. The van der Waals surface area contributed by atoms with Crippen molar-refractivity contribution in [3.63, 3.8) is 0 Å². The number of aryl methyl sites for hydroxylation is 2. The van der Waals surface area contributed by atoms with Crippen LogP contribution in [0.5, 0.6) is 5.75 Å². The quantitative estimate of drug-likeness (QED) is 0.397. The van der Waals surface area contributed by atoms with Crippen LogP contribution in [0.2, 0.25) is 0 Å². The number of nitrogens with zero attached hydrogens (tertiary/aromatic N) is 3. The zero-order chi connectivity index (χ0) is 22.4. The zero-order valence-electron chi connectivity index (χ0n) is 18.7. The van der Waals surface area contributed by atoms with E-state index in [9.17, 15) is 4.79 Å². The fraction of sp³-hybridized carbons (Fsp3) is 0.391. The Kier molecular flexibility index (Phi) is 7.23. The molecular weight excluding hydrogens is 392 g/mol. The monoisotopic (exact) mass is 422 g/mol. The van der Waals surface area contributed by atoms with Gasteiger partial charge in [0.2, 0.25) is 17.8 Å². The molecule has 0 spiro atoms. The minimum atomic E-state index is -0.117. The molecule has 1 aromatic carbocycles. The molecule has 2 aromatic heterocycles. The maximum absolute atomic E-state index is 12.5. The molecule has 0 saturated carbocycles. The summed E-state index contributed by atoms with van der Waals surface area (Å²) in [6.07, 6.45) is 3.43. The van der Waals surface area contributed by atoms with Crippen molar-refractivity contribution in [2.45, 2.75) is 40.5 Å². The van der Waals surface area contributed by atoms with Gasteiger partial charge < -0.3 is 9.72 Å². The Morgan fingerprint density at radius 1 is 1.23 bits per heavy atom. The van der Waals surface area contributed by atoms with E-state index in [1.807, 2.05) is 58.2 Å². The number of fused-ring (bicyclic) bond motifs is 1. The van der Waals surface area contributed by atoms with Crippen LogP contribution < -0.4 is 15.4 Å². The molecular formula is C23H30N6O2. The van der Waals surface area contributed by atoms with Gasteiger partial charge in [-0.3, -0.25) is 20.4 Å². The topological polar surface area (TPSA) is 104 Å². The molecule has 0 radical (unpaired) electrons. The van der Waals surface area contributed by atoms with E-state index in [4.69, 9.17) is 4.74 Å². The highest BCUT2D eigenvalue weighted by atomic mass is 16.5. The third-order valence-electron chi connectivity index (χ3n) is 5.14. The highest BCUT2D eigenvalue weighted by Crippen LogP contribution is 2.24. The number of amides is 1. The molecule has 164 valence electrons. The van der Waals surface area contributed by atoms with E-state index in [1.165, 1.54) is 0 Å². The first-order chi connectivity index (χ1) is 14.9. The number of benzene rings is 1. The number of hydrogen-bond acceptors (Lipinski definition) is 5. The molecule has 0 unspecified atom stereocenters. The van der Waals surface area contributed by atoms with Crippen molar-refractivity contribution in [1.29, 1.82) is 0 Å². The first-order valence-electron chi connectivity index (χ1n) is 10.5. The Morgan fingerprint density at radius 2 is 1.97 bits per heavy atom. The molecule has 3 N–H and O–H groups in total. The molecule has 0 saturated heterocycles. The summed E-state index contributed by atoms with van der Waals surface area (Å²) in [6.45, 7) is 8.16. The van der Waals surface area contributed by atoms with E-state index >= 15 is 0 Å². The fourth-order valence-electron chi connectivity index (χ4n) is 3.20. The van der Waals surface area contributed by atoms with Gasteiger partial charge >= 0.3 is 0 Å². The van der Waals surface area contributed by atoms with E-state index in [1.54, 1.807) is 7.11 Å². The van der Waals surface area contributed by atoms with Crippen molar-refractivity contribution in [3.05, 3.63) is 47.4 Å². The van der Waals surface area contributed by atoms with E-state index < -0.39 is 0 Å². The van der Waals surface area contributed by atoms with Gasteiger partial charge in [-0.2, -0.15) is 0 Å². The van der Waals surface area contributed by atoms with Gasteiger partial charge in [-0.25, -0.2) is 9.97 Å². The van der Waals surface area contributed by atoms with Crippen molar-refractivity contribution in [2.75, 3.05) is 19.0 Å². The van der Waals surface area contributed by atoms with Crippen LogP contribution in [0, 0.1) is 19.8 Å². The number of nitrogens with one attached hydrogen (secondary N) is 3. The molecule has 0 fully saturated rings. The van der Waals surface area contributed by atoms with Crippen LogP contribution in [-0.2, 0) is 11.2 Å². The van der Waals surface area contributed by atoms with Crippen molar-refractivity contribution in [2.24, 2.45) is 10.9 Å². The molecule has 3 aromatic rings. The second kappa shape index (κ2) is 10.1. The van der Waals surface area contributed by atoms with Crippen LogP contribution in [0.1, 0.15) is 37.2 Å². The second-order valence-corrected chi connectivity index (χ2v) is 7.60. The minimum Gasteiger partial charge on any atom is -0.497 e. The lowest BCUT2D eigenvalue weighted by molar-refractivity contribution is -0.123. The number of methoxy groups -OCH3 is 1. The maximum atomic E-state index is 12.5. The Morgan fingerprint density at radius 3 is 2.65 bits per heavy atom.